The Bertz CT molecular complexity index is 608. The molecule has 7 heteroatoms. The standard InChI is InChI=1S/C19H28N4O3/c1-20(2)18(24)17(16-6-4-3-5-7-16)21-8-10-22(11-9-21)19(25)23-12-14-26-15-13-23/h3-7,17H,8-15H2,1-2H3. The van der Waals surface area contributed by atoms with Crippen molar-refractivity contribution < 1.29 is 14.3 Å². The van der Waals surface area contributed by atoms with Gasteiger partial charge in [-0.25, -0.2) is 4.79 Å². The highest BCUT2D eigenvalue weighted by Crippen LogP contribution is 2.24. The number of nitrogens with zero attached hydrogens (tertiary/aromatic N) is 4. The number of likely N-dealkylation sites (N-methyl/N-ethyl adjacent to an activating group) is 1. The number of piperazine rings is 1. The summed E-state index contributed by atoms with van der Waals surface area (Å²) in [6.45, 7) is 5.19. The van der Waals surface area contributed by atoms with E-state index in [2.05, 4.69) is 4.90 Å². The normalized spacial score (nSPS) is 19.9. The number of amides is 3. The van der Waals surface area contributed by atoms with E-state index in [1.54, 1.807) is 19.0 Å². The number of hydrogen-bond donors (Lipinski definition) is 0. The smallest absolute Gasteiger partial charge is 0.320 e. The summed E-state index contributed by atoms with van der Waals surface area (Å²) in [5.74, 6) is 0.0733. The van der Waals surface area contributed by atoms with Crippen LogP contribution in [0.3, 0.4) is 0 Å². The second-order valence-corrected chi connectivity index (χ2v) is 6.95. The van der Waals surface area contributed by atoms with Crippen LogP contribution in [0.2, 0.25) is 0 Å². The maximum atomic E-state index is 12.8. The number of benzene rings is 1. The van der Waals surface area contributed by atoms with Crippen LogP contribution in [-0.2, 0) is 9.53 Å². The van der Waals surface area contributed by atoms with Crippen LogP contribution in [0.5, 0.6) is 0 Å². The van der Waals surface area contributed by atoms with E-state index in [1.165, 1.54) is 0 Å². The SMILES string of the molecule is CN(C)C(=O)C(c1ccccc1)N1CCN(C(=O)N2CCOCC2)CC1. The second-order valence-electron chi connectivity index (χ2n) is 6.95. The van der Waals surface area contributed by atoms with Crippen molar-refractivity contribution in [3.8, 4) is 0 Å². The van der Waals surface area contributed by atoms with E-state index in [0.717, 1.165) is 5.56 Å². The largest absolute Gasteiger partial charge is 0.378 e. The van der Waals surface area contributed by atoms with Crippen molar-refractivity contribution >= 4 is 11.9 Å². The van der Waals surface area contributed by atoms with E-state index in [-0.39, 0.29) is 18.0 Å². The molecule has 1 aromatic carbocycles. The van der Waals surface area contributed by atoms with Gasteiger partial charge in [-0.3, -0.25) is 9.69 Å². The number of carbonyl (C=O) groups is 2. The third-order valence-electron chi connectivity index (χ3n) is 5.02. The monoisotopic (exact) mass is 360 g/mol. The lowest BCUT2D eigenvalue weighted by Crippen LogP contribution is -2.56. The molecule has 0 aromatic heterocycles. The highest BCUT2D eigenvalue weighted by Gasteiger charge is 2.33. The Hall–Kier alpha value is -2.12. The average Bonchev–Trinajstić information content (AvgIpc) is 2.69. The van der Waals surface area contributed by atoms with Crippen LogP contribution in [0, 0.1) is 0 Å². The molecule has 0 aliphatic carbocycles. The Labute approximate surface area is 155 Å². The van der Waals surface area contributed by atoms with Crippen molar-refractivity contribution in [3.05, 3.63) is 35.9 Å². The predicted molar refractivity (Wildman–Crippen MR) is 98.8 cm³/mol. The van der Waals surface area contributed by atoms with E-state index >= 15 is 0 Å². The Morgan fingerprint density at radius 1 is 0.923 bits per heavy atom. The van der Waals surface area contributed by atoms with Gasteiger partial charge in [0.15, 0.2) is 0 Å². The van der Waals surface area contributed by atoms with E-state index in [0.29, 0.717) is 52.5 Å². The zero-order chi connectivity index (χ0) is 18.5. The molecule has 1 unspecified atom stereocenters. The van der Waals surface area contributed by atoms with Crippen LogP contribution < -0.4 is 0 Å². The summed E-state index contributed by atoms with van der Waals surface area (Å²) in [6, 6.07) is 9.66. The van der Waals surface area contributed by atoms with Crippen LogP contribution in [0.15, 0.2) is 30.3 Å². The maximum Gasteiger partial charge on any atom is 0.320 e. The first-order chi connectivity index (χ1) is 12.6. The van der Waals surface area contributed by atoms with Gasteiger partial charge in [0.25, 0.3) is 0 Å². The molecule has 2 aliphatic rings. The molecule has 2 fully saturated rings. The van der Waals surface area contributed by atoms with Crippen molar-refractivity contribution in [3.63, 3.8) is 0 Å². The highest BCUT2D eigenvalue weighted by molar-refractivity contribution is 5.83. The highest BCUT2D eigenvalue weighted by atomic mass is 16.5. The minimum atomic E-state index is -0.299. The number of morpholine rings is 1. The first-order valence-electron chi connectivity index (χ1n) is 9.19. The van der Waals surface area contributed by atoms with Crippen molar-refractivity contribution in [2.45, 2.75) is 6.04 Å². The number of rotatable bonds is 3. The zero-order valence-corrected chi connectivity index (χ0v) is 15.6. The fraction of sp³-hybridized carbons (Fsp3) is 0.579. The molecule has 3 rings (SSSR count). The van der Waals surface area contributed by atoms with E-state index in [1.807, 2.05) is 40.1 Å². The van der Waals surface area contributed by atoms with E-state index < -0.39 is 0 Å². The van der Waals surface area contributed by atoms with Crippen LogP contribution >= 0.6 is 0 Å². The van der Waals surface area contributed by atoms with E-state index in [4.69, 9.17) is 4.74 Å². The quantitative estimate of drug-likeness (QED) is 0.803. The summed E-state index contributed by atoms with van der Waals surface area (Å²) < 4.78 is 5.32. The lowest BCUT2D eigenvalue weighted by atomic mass is 10.0. The van der Waals surface area contributed by atoms with Gasteiger partial charge in [0.05, 0.1) is 13.2 Å². The topological polar surface area (TPSA) is 56.3 Å². The number of carbonyl (C=O) groups excluding carboxylic acids is 2. The molecule has 0 radical (unpaired) electrons. The summed E-state index contributed by atoms with van der Waals surface area (Å²) in [6.07, 6.45) is 0. The molecule has 2 aliphatic heterocycles. The fourth-order valence-electron chi connectivity index (χ4n) is 3.52. The summed E-state index contributed by atoms with van der Waals surface area (Å²) in [4.78, 5) is 33.0. The van der Waals surface area contributed by atoms with Gasteiger partial charge >= 0.3 is 6.03 Å². The molecule has 2 heterocycles. The molecule has 1 atom stereocenters. The van der Waals surface area contributed by atoms with Gasteiger partial charge in [-0.1, -0.05) is 30.3 Å². The van der Waals surface area contributed by atoms with E-state index in [9.17, 15) is 9.59 Å². The summed E-state index contributed by atoms with van der Waals surface area (Å²) in [7, 11) is 3.58. The molecule has 0 bridgehead atoms. The molecule has 0 saturated carbocycles. The summed E-state index contributed by atoms with van der Waals surface area (Å²) >= 11 is 0. The van der Waals surface area contributed by atoms with Crippen molar-refractivity contribution in [1.29, 1.82) is 0 Å². The number of urea groups is 1. The fourth-order valence-corrected chi connectivity index (χ4v) is 3.52. The van der Waals surface area contributed by atoms with Crippen LogP contribution in [0.1, 0.15) is 11.6 Å². The molecule has 0 spiro atoms. The van der Waals surface area contributed by atoms with Crippen molar-refractivity contribution in [1.82, 2.24) is 19.6 Å². The Morgan fingerprint density at radius 2 is 1.50 bits per heavy atom. The van der Waals surface area contributed by atoms with Crippen LogP contribution in [-0.4, -0.2) is 98.1 Å². The molecule has 7 nitrogen and oxygen atoms in total. The molecule has 2 saturated heterocycles. The molecule has 26 heavy (non-hydrogen) atoms. The molecular formula is C19H28N4O3. The Balaban J connectivity index is 1.66. The molecule has 1 aromatic rings. The summed E-state index contributed by atoms with van der Waals surface area (Å²) in [5, 5.41) is 0. The lowest BCUT2D eigenvalue weighted by Gasteiger charge is -2.41. The minimum absolute atomic E-state index is 0.0733. The summed E-state index contributed by atoms with van der Waals surface area (Å²) in [5.41, 5.74) is 0.999. The second kappa shape index (κ2) is 8.51. The average molecular weight is 360 g/mol. The number of ether oxygens (including phenoxy) is 1. The van der Waals surface area contributed by atoms with Crippen molar-refractivity contribution in [2.75, 3.05) is 66.6 Å². The molecule has 142 valence electrons. The third-order valence-corrected chi connectivity index (χ3v) is 5.02. The van der Waals surface area contributed by atoms with Crippen LogP contribution in [0.25, 0.3) is 0 Å². The van der Waals surface area contributed by atoms with Gasteiger partial charge in [-0.05, 0) is 5.56 Å². The van der Waals surface area contributed by atoms with Gasteiger partial charge in [0.1, 0.15) is 6.04 Å². The van der Waals surface area contributed by atoms with Crippen LogP contribution in [0.4, 0.5) is 4.79 Å². The zero-order valence-electron chi connectivity index (χ0n) is 15.6. The van der Waals surface area contributed by atoms with Gasteiger partial charge in [0, 0.05) is 53.4 Å². The molecule has 3 amide bonds. The Kier molecular flexibility index (Phi) is 6.11. The number of hydrogen-bond acceptors (Lipinski definition) is 4. The first-order valence-corrected chi connectivity index (χ1v) is 9.19. The first kappa shape index (κ1) is 18.7. The minimum Gasteiger partial charge on any atom is -0.378 e. The van der Waals surface area contributed by atoms with Gasteiger partial charge in [-0.15, -0.1) is 0 Å². The third kappa shape index (κ3) is 4.16. The molecule has 0 N–H and O–H groups in total. The maximum absolute atomic E-state index is 12.8. The lowest BCUT2D eigenvalue weighted by molar-refractivity contribution is -0.135. The van der Waals surface area contributed by atoms with Gasteiger partial charge in [0.2, 0.25) is 5.91 Å². The van der Waals surface area contributed by atoms with Crippen molar-refractivity contribution in [2.24, 2.45) is 0 Å². The van der Waals surface area contributed by atoms with Gasteiger partial charge < -0.3 is 19.4 Å². The Morgan fingerprint density at radius 3 is 2.08 bits per heavy atom. The molecular weight excluding hydrogens is 332 g/mol. The predicted octanol–water partition coefficient (Wildman–Crippen LogP) is 0.886. The van der Waals surface area contributed by atoms with Gasteiger partial charge in [-0.2, -0.15) is 0 Å².